The second-order valence-electron chi connectivity index (χ2n) is 2.75. The number of rotatable bonds is 2. The van der Waals surface area contributed by atoms with Gasteiger partial charge in [-0.15, -0.1) is 10.2 Å². The number of hydrogen-bond donors (Lipinski definition) is 0. The van der Waals surface area contributed by atoms with Crippen LogP contribution in [-0.2, 0) is 0 Å². The molecule has 0 fully saturated rings. The fraction of sp³-hybridized carbons (Fsp3) is 0. The molecule has 0 N–H and O–H groups in total. The first kappa shape index (κ1) is 9.86. The highest BCUT2D eigenvalue weighted by atomic mass is 35.5. The largest absolute Gasteiger partial charge is 0.438 e. The van der Waals surface area contributed by atoms with Crippen LogP contribution in [0.1, 0.15) is 0 Å². The average molecular weight is 225 g/mol. The molecule has 0 unspecified atom stereocenters. The van der Waals surface area contributed by atoms with E-state index in [1.165, 1.54) is 24.3 Å². The fourth-order valence-electron chi connectivity index (χ4n) is 0.982. The van der Waals surface area contributed by atoms with Crippen molar-refractivity contribution in [3.05, 3.63) is 47.4 Å². The Kier molecular flexibility index (Phi) is 2.78. The number of nitrogens with zero attached hydrogens (tertiary/aromatic N) is 2. The smallest absolute Gasteiger partial charge is 0.238 e. The van der Waals surface area contributed by atoms with Gasteiger partial charge in [0.1, 0.15) is 11.6 Å². The second kappa shape index (κ2) is 4.23. The van der Waals surface area contributed by atoms with E-state index in [4.69, 9.17) is 16.3 Å². The Hall–Kier alpha value is -1.68. The molecule has 3 nitrogen and oxygen atoms in total. The third kappa shape index (κ3) is 2.63. The predicted molar refractivity (Wildman–Crippen MR) is 53.5 cm³/mol. The van der Waals surface area contributed by atoms with Crippen molar-refractivity contribution in [2.45, 2.75) is 0 Å². The van der Waals surface area contributed by atoms with Crippen molar-refractivity contribution in [2.75, 3.05) is 0 Å². The molecule has 0 aliphatic carbocycles. The minimum absolute atomic E-state index is 0.293. The summed E-state index contributed by atoms with van der Waals surface area (Å²) in [7, 11) is 0. The Morgan fingerprint density at radius 2 is 1.73 bits per heavy atom. The lowest BCUT2D eigenvalue weighted by molar-refractivity contribution is 0.453. The molecule has 0 aliphatic heterocycles. The minimum atomic E-state index is -0.315. The maximum atomic E-state index is 12.6. The van der Waals surface area contributed by atoms with Gasteiger partial charge in [-0.1, -0.05) is 11.6 Å². The molecule has 0 spiro atoms. The molecule has 76 valence electrons. The van der Waals surface area contributed by atoms with Gasteiger partial charge in [-0.25, -0.2) is 4.39 Å². The Morgan fingerprint density at radius 3 is 2.33 bits per heavy atom. The third-order valence-electron chi connectivity index (χ3n) is 1.64. The molecule has 0 aliphatic rings. The molecule has 0 radical (unpaired) electrons. The monoisotopic (exact) mass is 224 g/mol. The van der Waals surface area contributed by atoms with Gasteiger partial charge in [-0.2, -0.15) is 0 Å². The van der Waals surface area contributed by atoms with Crippen LogP contribution in [-0.4, -0.2) is 10.2 Å². The van der Waals surface area contributed by atoms with E-state index in [9.17, 15) is 4.39 Å². The normalized spacial score (nSPS) is 10.0. The van der Waals surface area contributed by atoms with E-state index in [1.54, 1.807) is 12.1 Å². The van der Waals surface area contributed by atoms with Crippen LogP contribution in [0, 0.1) is 5.82 Å². The molecule has 5 heteroatoms. The molecule has 2 aromatic rings. The van der Waals surface area contributed by atoms with E-state index in [2.05, 4.69) is 10.2 Å². The number of aromatic nitrogens is 2. The Morgan fingerprint density at radius 1 is 1.00 bits per heavy atom. The number of ether oxygens (including phenoxy) is 1. The van der Waals surface area contributed by atoms with Gasteiger partial charge in [0, 0.05) is 6.07 Å². The van der Waals surface area contributed by atoms with E-state index < -0.39 is 0 Å². The molecule has 0 saturated heterocycles. The highest BCUT2D eigenvalue weighted by molar-refractivity contribution is 6.29. The minimum Gasteiger partial charge on any atom is -0.438 e. The van der Waals surface area contributed by atoms with Crippen molar-refractivity contribution in [3.8, 4) is 11.6 Å². The number of benzene rings is 1. The first-order chi connectivity index (χ1) is 7.24. The zero-order valence-electron chi connectivity index (χ0n) is 7.52. The van der Waals surface area contributed by atoms with E-state index >= 15 is 0 Å². The van der Waals surface area contributed by atoms with Crippen LogP contribution in [0.3, 0.4) is 0 Å². The lowest BCUT2D eigenvalue weighted by Gasteiger charge is -2.02. The summed E-state index contributed by atoms with van der Waals surface area (Å²) in [5.74, 6) is 0.489. The molecule has 0 saturated carbocycles. The van der Waals surface area contributed by atoms with Crippen molar-refractivity contribution in [1.29, 1.82) is 0 Å². The Labute approximate surface area is 90.5 Å². The molecular weight excluding hydrogens is 219 g/mol. The van der Waals surface area contributed by atoms with Gasteiger partial charge in [-0.3, -0.25) is 0 Å². The molecular formula is C10H6ClFN2O. The zero-order valence-corrected chi connectivity index (χ0v) is 8.28. The summed E-state index contributed by atoms with van der Waals surface area (Å²) < 4.78 is 17.9. The van der Waals surface area contributed by atoms with E-state index in [-0.39, 0.29) is 5.82 Å². The lowest BCUT2D eigenvalue weighted by Crippen LogP contribution is -1.90. The highest BCUT2D eigenvalue weighted by Gasteiger charge is 1.99. The SMILES string of the molecule is Fc1ccc(Oc2ccc(Cl)nn2)cc1. The quantitative estimate of drug-likeness (QED) is 0.786. The number of hydrogen-bond acceptors (Lipinski definition) is 3. The van der Waals surface area contributed by atoms with Gasteiger partial charge in [0.25, 0.3) is 0 Å². The molecule has 15 heavy (non-hydrogen) atoms. The Bertz CT molecular complexity index is 400. The van der Waals surface area contributed by atoms with Crippen LogP contribution in [0.4, 0.5) is 4.39 Å². The highest BCUT2D eigenvalue weighted by Crippen LogP contribution is 2.19. The molecule has 0 bridgehead atoms. The summed E-state index contributed by atoms with van der Waals surface area (Å²) in [6.45, 7) is 0. The molecule has 1 aromatic heterocycles. The standard InChI is InChI=1S/C10H6ClFN2O/c11-9-5-6-10(14-13-9)15-8-3-1-7(12)2-4-8/h1-6H. The van der Waals surface area contributed by atoms with Crippen LogP contribution < -0.4 is 4.74 Å². The van der Waals surface area contributed by atoms with Gasteiger partial charge in [0.05, 0.1) is 0 Å². The molecule has 1 heterocycles. The third-order valence-corrected chi connectivity index (χ3v) is 1.85. The topological polar surface area (TPSA) is 35.0 Å². The molecule has 0 amide bonds. The zero-order chi connectivity index (χ0) is 10.7. The van der Waals surface area contributed by atoms with E-state index in [1.807, 2.05) is 0 Å². The number of halogens is 2. The van der Waals surface area contributed by atoms with Gasteiger partial charge >= 0.3 is 0 Å². The summed E-state index contributed by atoms with van der Waals surface area (Å²) >= 11 is 5.56. The second-order valence-corrected chi connectivity index (χ2v) is 3.14. The first-order valence-electron chi connectivity index (χ1n) is 4.17. The van der Waals surface area contributed by atoms with Gasteiger partial charge in [-0.05, 0) is 30.3 Å². The maximum Gasteiger partial charge on any atom is 0.238 e. The van der Waals surface area contributed by atoms with E-state index in [0.717, 1.165) is 0 Å². The summed E-state index contributed by atoms with van der Waals surface area (Å²) in [6, 6.07) is 8.76. The molecule has 2 rings (SSSR count). The van der Waals surface area contributed by atoms with Gasteiger partial charge < -0.3 is 4.74 Å². The fourth-order valence-corrected chi connectivity index (χ4v) is 1.08. The van der Waals surface area contributed by atoms with Gasteiger partial charge in [0.2, 0.25) is 5.88 Å². The molecule has 0 atom stereocenters. The van der Waals surface area contributed by atoms with Crippen LogP contribution in [0.2, 0.25) is 5.15 Å². The van der Waals surface area contributed by atoms with Crippen molar-refractivity contribution in [1.82, 2.24) is 10.2 Å². The van der Waals surface area contributed by atoms with Crippen molar-refractivity contribution >= 4 is 11.6 Å². The lowest BCUT2D eigenvalue weighted by atomic mass is 10.3. The summed E-state index contributed by atoms with van der Waals surface area (Å²) in [5, 5.41) is 7.60. The first-order valence-corrected chi connectivity index (χ1v) is 4.54. The van der Waals surface area contributed by atoms with E-state index in [0.29, 0.717) is 16.8 Å². The van der Waals surface area contributed by atoms with Crippen LogP contribution in [0.5, 0.6) is 11.6 Å². The summed E-state index contributed by atoms with van der Waals surface area (Å²) in [5.41, 5.74) is 0. The summed E-state index contributed by atoms with van der Waals surface area (Å²) in [4.78, 5) is 0. The van der Waals surface area contributed by atoms with Crippen molar-refractivity contribution in [2.24, 2.45) is 0 Å². The predicted octanol–water partition coefficient (Wildman–Crippen LogP) is 3.06. The molecule has 1 aromatic carbocycles. The van der Waals surface area contributed by atoms with Crippen molar-refractivity contribution < 1.29 is 9.13 Å². The summed E-state index contributed by atoms with van der Waals surface area (Å²) in [6.07, 6.45) is 0. The van der Waals surface area contributed by atoms with Crippen LogP contribution >= 0.6 is 11.6 Å². The maximum absolute atomic E-state index is 12.6. The van der Waals surface area contributed by atoms with Crippen molar-refractivity contribution in [3.63, 3.8) is 0 Å². The van der Waals surface area contributed by atoms with Crippen LogP contribution in [0.15, 0.2) is 36.4 Å². The Balaban J connectivity index is 2.15. The average Bonchev–Trinajstić information content (AvgIpc) is 2.25. The van der Waals surface area contributed by atoms with Crippen LogP contribution in [0.25, 0.3) is 0 Å². The van der Waals surface area contributed by atoms with Gasteiger partial charge in [0.15, 0.2) is 5.15 Å².